The minimum Gasteiger partial charge on any atom is -0.378 e. The highest BCUT2D eigenvalue weighted by Crippen LogP contribution is 2.16. The molecule has 4 nitrogen and oxygen atoms in total. The van der Waals surface area contributed by atoms with E-state index < -0.39 is 0 Å². The summed E-state index contributed by atoms with van der Waals surface area (Å²) in [5, 5.41) is 12.0. The molecule has 0 radical (unpaired) electrons. The van der Waals surface area contributed by atoms with Crippen LogP contribution >= 0.6 is 0 Å². The van der Waals surface area contributed by atoms with Crippen LogP contribution in [0.4, 0.5) is 5.69 Å². The summed E-state index contributed by atoms with van der Waals surface area (Å²) < 4.78 is 2.26. The number of hydrogen-bond acceptors (Lipinski definition) is 3. The van der Waals surface area contributed by atoms with Gasteiger partial charge in [0.2, 0.25) is 0 Å². The second-order valence-corrected chi connectivity index (χ2v) is 5.05. The van der Waals surface area contributed by atoms with Gasteiger partial charge in [0.25, 0.3) is 0 Å². The Morgan fingerprint density at radius 1 is 1.26 bits per heavy atom. The molecule has 0 saturated heterocycles. The van der Waals surface area contributed by atoms with Gasteiger partial charge in [-0.25, -0.2) is 0 Å². The molecule has 0 aliphatic carbocycles. The minimum absolute atomic E-state index is 0.750. The average Bonchev–Trinajstić information content (AvgIpc) is 2.89. The van der Waals surface area contributed by atoms with E-state index in [2.05, 4.69) is 51.3 Å². The number of nitrogens with one attached hydrogen (secondary N) is 1. The van der Waals surface area contributed by atoms with E-state index in [0.717, 1.165) is 43.3 Å². The highest BCUT2D eigenvalue weighted by Gasteiger charge is 2.15. The second-order valence-electron chi connectivity index (χ2n) is 5.05. The number of rotatable bonds is 4. The van der Waals surface area contributed by atoms with Crippen LogP contribution in [0.15, 0.2) is 24.3 Å². The van der Waals surface area contributed by atoms with Crippen LogP contribution < -0.4 is 5.32 Å². The molecular weight excluding hydrogens is 236 g/mol. The fourth-order valence-electron chi connectivity index (χ4n) is 2.58. The summed E-state index contributed by atoms with van der Waals surface area (Å²) in [5.41, 5.74) is 2.51. The molecule has 0 unspecified atom stereocenters. The fraction of sp³-hybridized carbons (Fsp3) is 0.467. The lowest BCUT2D eigenvalue weighted by atomic mass is 10.1. The van der Waals surface area contributed by atoms with Crippen LogP contribution in [0.1, 0.15) is 37.0 Å². The van der Waals surface area contributed by atoms with Gasteiger partial charge in [-0.3, -0.25) is 0 Å². The molecule has 0 saturated carbocycles. The molecular formula is C15H20N4. The van der Waals surface area contributed by atoms with Gasteiger partial charge < -0.3 is 9.88 Å². The average molecular weight is 256 g/mol. The topological polar surface area (TPSA) is 42.7 Å². The van der Waals surface area contributed by atoms with Crippen molar-refractivity contribution in [2.24, 2.45) is 0 Å². The predicted molar refractivity (Wildman–Crippen MR) is 76.1 cm³/mol. The highest BCUT2D eigenvalue weighted by atomic mass is 15.3. The number of nitrogens with zero attached hydrogens (tertiary/aromatic N) is 3. The second kappa shape index (κ2) is 5.43. The zero-order valence-corrected chi connectivity index (χ0v) is 11.4. The van der Waals surface area contributed by atoms with Crippen molar-refractivity contribution < 1.29 is 0 Å². The van der Waals surface area contributed by atoms with Crippen molar-refractivity contribution in [3.05, 3.63) is 41.5 Å². The number of aryl methyl sites for hydroxylation is 2. The van der Waals surface area contributed by atoms with Crippen molar-refractivity contribution >= 4 is 5.69 Å². The van der Waals surface area contributed by atoms with Crippen LogP contribution in [0.2, 0.25) is 0 Å². The first-order chi connectivity index (χ1) is 9.36. The molecule has 1 aliphatic heterocycles. The maximum atomic E-state index is 4.31. The van der Waals surface area contributed by atoms with Crippen molar-refractivity contribution in [3.63, 3.8) is 0 Å². The Bertz CT molecular complexity index is 559. The maximum Gasteiger partial charge on any atom is 0.152 e. The number of hydrogen-bond donors (Lipinski definition) is 1. The highest BCUT2D eigenvalue weighted by molar-refractivity contribution is 5.45. The predicted octanol–water partition coefficient (Wildman–Crippen LogP) is 2.79. The number of fused-ring (bicyclic) bond motifs is 1. The SMILES string of the molecule is CCc1cccc(NCc2nnc3n2CCCC3)c1. The van der Waals surface area contributed by atoms with Crippen molar-refractivity contribution in [3.8, 4) is 0 Å². The summed E-state index contributed by atoms with van der Waals surface area (Å²) in [5.74, 6) is 2.20. The van der Waals surface area contributed by atoms with Gasteiger partial charge >= 0.3 is 0 Å². The van der Waals surface area contributed by atoms with E-state index in [9.17, 15) is 0 Å². The first kappa shape index (κ1) is 12.2. The van der Waals surface area contributed by atoms with E-state index >= 15 is 0 Å². The summed E-state index contributed by atoms with van der Waals surface area (Å²) in [7, 11) is 0. The van der Waals surface area contributed by atoms with Crippen molar-refractivity contribution in [2.45, 2.75) is 45.7 Å². The van der Waals surface area contributed by atoms with Gasteiger partial charge in [0.05, 0.1) is 6.54 Å². The Kier molecular flexibility index (Phi) is 3.49. The van der Waals surface area contributed by atoms with E-state index in [1.807, 2.05) is 0 Å². The molecule has 0 atom stereocenters. The molecule has 1 aromatic carbocycles. The van der Waals surface area contributed by atoms with Crippen LogP contribution in [-0.4, -0.2) is 14.8 Å². The van der Waals surface area contributed by atoms with Crippen LogP contribution in [-0.2, 0) is 25.9 Å². The molecule has 1 aliphatic rings. The normalized spacial score (nSPS) is 14.2. The van der Waals surface area contributed by atoms with Gasteiger partial charge in [-0.1, -0.05) is 19.1 Å². The Balaban J connectivity index is 1.70. The van der Waals surface area contributed by atoms with Gasteiger partial charge in [0, 0.05) is 18.7 Å². The smallest absolute Gasteiger partial charge is 0.152 e. The molecule has 4 heteroatoms. The van der Waals surface area contributed by atoms with Crippen molar-refractivity contribution in [2.75, 3.05) is 5.32 Å². The molecule has 3 rings (SSSR count). The Labute approximate surface area is 113 Å². The largest absolute Gasteiger partial charge is 0.378 e. The zero-order valence-electron chi connectivity index (χ0n) is 11.4. The quantitative estimate of drug-likeness (QED) is 0.914. The molecule has 2 heterocycles. The molecule has 0 spiro atoms. The van der Waals surface area contributed by atoms with Gasteiger partial charge in [0.1, 0.15) is 5.82 Å². The van der Waals surface area contributed by atoms with Crippen molar-refractivity contribution in [1.29, 1.82) is 0 Å². The molecule has 1 N–H and O–H groups in total. The van der Waals surface area contributed by atoms with Gasteiger partial charge in [-0.15, -0.1) is 10.2 Å². The molecule has 0 fully saturated rings. The van der Waals surface area contributed by atoms with Gasteiger partial charge in [-0.2, -0.15) is 0 Å². The third-order valence-corrected chi connectivity index (χ3v) is 3.72. The molecule has 19 heavy (non-hydrogen) atoms. The number of benzene rings is 1. The first-order valence-electron chi connectivity index (χ1n) is 7.10. The lowest BCUT2D eigenvalue weighted by Crippen LogP contribution is -2.15. The first-order valence-corrected chi connectivity index (χ1v) is 7.10. The molecule has 100 valence electrons. The summed E-state index contributed by atoms with van der Waals surface area (Å²) in [4.78, 5) is 0. The molecule has 2 aromatic rings. The zero-order chi connectivity index (χ0) is 13.1. The molecule has 1 aromatic heterocycles. The van der Waals surface area contributed by atoms with Crippen LogP contribution in [0, 0.1) is 0 Å². The van der Waals surface area contributed by atoms with E-state index in [1.165, 1.54) is 18.4 Å². The van der Waals surface area contributed by atoms with Gasteiger partial charge in [-0.05, 0) is 37.0 Å². The summed E-state index contributed by atoms with van der Waals surface area (Å²) in [6.45, 7) is 3.99. The monoisotopic (exact) mass is 256 g/mol. The number of aromatic nitrogens is 3. The molecule has 0 bridgehead atoms. The lowest BCUT2D eigenvalue weighted by Gasteiger charge is -2.15. The Morgan fingerprint density at radius 2 is 2.21 bits per heavy atom. The van der Waals surface area contributed by atoms with E-state index in [-0.39, 0.29) is 0 Å². The molecule has 0 amide bonds. The Hall–Kier alpha value is -1.84. The van der Waals surface area contributed by atoms with Crippen LogP contribution in [0.5, 0.6) is 0 Å². The van der Waals surface area contributed by atoms with Crippen LogP contribution in [0.3, 0.4) is 0 Å². The standard InChI is InChI=1S/C15H20N4/c1-2-12-6-5-7-13(10-12)16-11-15-18-17-14-8-3-4-9-19(14)15/h5-7,10,16H,2-4,8-9,11H2,1H3. The minimum atomic E-state index is 0.750. The fourth-order valence-corrected chi connectivity index (χ4v) is 2.58. The van der Waals surface area contributed by atoms with E-state index in [1.54, 1.807) is 0 Å². The summed E-state index contributed by atoms with van der Waals surface area (Å²) in [6.07, 6.45) is 4.61. The summed E-state index contributed by atoms with van der Waals surface area (Å²) >= 11 is 0. The Morgan fingerprint density at radius 3 is 3.11 bits per heavy atom. The van der Waals surface area contributed by atoms with Gasteiger partial charge in [0.15, 0.2) is 5.82 Å². The third-order valence-electron chi connectivity index (χ3n) is 3.72. The maximum absolute atomic E-state index is 4.31. The number of anilines is 1. The van der Waals surface area contributed by atoms with E-state index in [0.29, 0.717) is 0 Å². The summed E-state index contributed by atoms with van der Waals surface area (Å²) in [6, 6.07) is 8.56. The van der Waals surface area contributed by atoms with E-state index in [4.69, 9.17) is 0 Å². The van der Waals surface area contributed by atoms with Crippen molar-refractivity contribution in [1.82, 2.24) is 14.8 Å². The lowest BCUT2D eigenvalue weighted by molar-refractivity contribution is 0.510. The third kappa shape index (κ3) is 2.62. The van der Waals surface area contributed by atoms with Crippen LogP contribution in [0.25, 0.3) is 0 Å².